The Balaban J connectivity index is 1.54. The van der Waals surface area contributed by atoms with Crippen molar-refractivity contribution in [3.8, 4) is 0 Å². The second-order valence-electron chi connectivity index (χ2n) is 6.38. The molecule has 1 aliphatic heterocycles. The summed E-state index contributed by atoms with van der Waals surface area (Å²) < 4.78 is 5.78. The van der Waals surface area contributed by atoms with Crippen molar-refractivity contribution in [2.75, 3.05) is 11.5 Å². The lowest BCUT2D eigenvalue weighted by molar-refractivity contribution is -0.129. The van der Waals surface area contributed by atoms with E-state index in [0.29, 0.717) is 10.1 Å². The summed E-state index contributed by atoms with van der Waals surface area (Å²) in [7, 11) is 0. The van der Waals surface area contributed by atoms with Crippen LogP contribution >= 0.6 is 23.5 Å². The zero-order valence-electron chi connectivity index (χ0n) is 15.4. The number of hydrogen-bond donors (Lipinski definition) is 1. The lowest BCUT2D eigenvalue weighted by atomic mass is 10.1. The minimum Gasteiger partial charge on any atom is -0.449 e. The predicted octanol–water partition coefficient (Wildman–Crippen LogP) is 4.59. The molecule has 0 aromatic heterocycles. The predicted molar refractivity (Wildman–Crippen MR) is 112 cm³/mol. The summed E-state index contributed by atoms with van der Waals surface area (Å²) in [4.78, 5) is 24.7. The minimum atomic E-state index is -0.857. The first kappa shape index (κ1) is 19.8. The molecular formula is C21H23NO3S2. The molecule has 0 saturated carbocycles. The number of ether oxygens (including phenoxy) is 1. The zero-order chi connectivity index (χ0) is 19.2. The van der Waals surface area contributed by atoms with Gasteiger partial charge >= 0.3 is 5.97 Å². The van der Waals surface area contributed by atoms with Gasteiger partial charge in [0.1, 0.15) is 0 Å². The first-order chi connectivity index (χ1) is 13.0. The van der Waals surface area contributed by atoms with E-state index >= 15 is 0 Å². The molecule has 0 radical (unpaired) electrons. The molecule has 1 saturated heterocycles. The van der Waals surface area contributed by atoms with Crippen LogP contribution in [0.4, 0.5) is 0 Å². The van der Waals surface area contributed by atoms with Crippen LogP contribution in [0.25, 0.3) is 0 Å². The van der Waals surface area contributed by atoms with E-state index in [2.05, 4.69) is 5.32 Å². The van der Waals surface area contributed by atoms with E-state index in [0.717, 1.165) is 17.1 Å². The van der Waals surface area contributed by atoms with Crippen LogP contribution in [0, 0.1) is 0 Å². The molecule has 0 spiro atoms. The molecule has 2 unspecified atom stereocenters. The largest absolute Gasteiger partial charge is 0.449 e. The molecule has 2 aromatic carbocycles. The van der Waals surface area contributed by atoms with Crippen molar-refractivity contribution in [2.45, 2.75) is 30.6 Å². The minimum absolute atomic E-state index is 0.152. The average Bonchev–Trinajstić information content (AvgIpc) is 3.23. The summed E-state index contributed by atoms with van der Waals surface area (Å²) in [5.41, 5.74) is 2.67. The summed E-state index contributed by atoms with van der Waals surface area (Å²) in [5.74, 6) is 1.53. The molecule has 1 heterocycles. The number of carbonyl (C=O) groups is 2. The van der Waals surface area contributed by atoms with E-state index in [1.165, 1.54) is 5.56 Å². The van der Waals surface area contributed by atoms with E-state index in [1.807, 2.05) is 72.9 Å². The van der Waals surface area contributed by atoms with Crippen molar-refractivity contribution >= 4 is 35.4 Å². The Hall–Kier alpha value is -1.92. The van der Waals surface area contributed by atoms with Crippen LogP contribution in [-0.4, -0.2) is 29.5 Å². The molecule has 1 fully saturated rings. The average molecular weight is 402 g/mol. The van der Waals surface area contributed by atoms with Crippen molar-refractivity contribution in [3.05, 3.63) is 71.3 Å². The molecule has 2 aromatic rings. The number of nitrogens with one attached hydrogen (secondary N) is 1. The number of benzene rings is 2. The van der Waals surface area contributed by atoms with Gasteiger partial charge < -0.3 is 10.1 Å². The highest BCUT2D eigenvalue weighted by atomic mass is 32.2. The SMILES string of the molecule is CC(OC(=O)c1ccc(C2SCCS2)cc1)C(=O)NC(C)c1ccccc1. The number of amides is 1. The monoisotopic (exact) mass is 401 g/mol. The number of esters is 1. The van der Waals surface area contributed by atoms with Crippen molar-refractivity contribution in [2.24, 2.45) is 0 Å². The number of carbonyl (C=O) groups excluding carboxylic acids is 2. The molecule has 0 aliphatic carbocycles. The highest BCUT2D eigenvalue weighted by Crippen LogP contribution is 2.45. The van der Waals surface area contributed by atoms with Crippen LogP contribution in [-0.2, 0) is 9.53 Å². The Morgan fingerprint density at radius 1 is 1.00 bits per heavy atom. The van der Waals surface area contributed by atoms with Gasteiger partial charge in [-0.3, -0.25) is 4.79 Å². The molecule has 2 atom stereocenters. The highest BCUT2D eigenvalue weighted by Gasteiger charge is 2.22. The van der Waals surface area contributed by atoms with E-state index in [4.69, 9.17) is 4.74 Å². The van der Waals surface area contributed by atoms with Crippen LogP contribution in [0.15, 0.2) is 54.6 Å². The zero-order valence-corrected chi connectivity index (χ0v) is 17.0. The van der Waals surface area contributed by atoms with Crippen LogP contribution in [0.1, 0.15) is 46.0 Å². The van der Waals surface area contributed by atoms with Crippen LogP contribution in [0.3, 0.4) is 0 Å². The lowest BCUT2D eigenvalue weighted by Crippen LogP contribution is -2.37. The van der Waals surface area contributed by atoms with Gasteiger partial charge in [-0.15, -0.1) is 23.5 Å². The fraction of sp³-hybridized carbons (Fsp3) is 0.333. The molecule has 1 aliphatic rings. The van der Waals surface area contributed by atoms with Crippen LogP contribution in [0.2, 0.25) is 0 Å². The van der Waals surface area contributed by atoms with Crippen molar-refractivity contribution in [1.29, 1.82) is 0 Å². The maximum absolute atomic E-state index is 12.3. The number of rotatable bonds is 6. The quantitative estimate of drug-likeness (QED) is 0.718. The fourth-order valence-electron chi connectivity index (χ4n) is 2.77. The van der Waals surface area contributed by atoms with Crippen LogP contribution < -0.4 is 5.32 Å². The standard InChI is InChI=1S/C21H23NO3S2/c1-14(16-6-4-3-5-7-16)22-19(23)15(2)25-20(24)17-8-10-18(11-9-17)21-26-12-13-27-21/h3-11,14-15,21H,12-13H2,1-2H3,(H,22,23). The molecule has 3 rings (SSSR count). The van der Waals surface area contributed by atoms with Crippen molar-refractivity contribution < 1.29 is 14.3 Å². The van der Waals surface area contributed by atoms with Gasteiger partial charge in [-0.2, -0.15) is 0 Å². The van der Waals surface area contributed by atoms with Crippen molar-refractivity contribution in [1.82, 2.24) is 5.32 Å². The fourth-order valence-corrected chi connectivity index (χ4v) is 5.62. The Labute approximate surface area is 168 Å². The Morgan fingerprint density at radius 3 is 2.26 bits per heavy atom. The number of hydrogen-bond acceptors (Lipinski definition) is 5. The van der Waals surface area contributed by atoms with E-state index in [1.54, 1.807) is 19.1 Å². The Bertz CT molecular complexity index is 774. The highest BCUT2D eigenvalue weighted by molar-refractivity contribution is 8.19. The Morgan fingerprint density at radius 2 is 1.63 bits per heavy atom. The molecule has 1 amide bonds. The first-order valence-corrected chi connectivity index (χ1v) is 11.0. The molecule has 0 bridgehead atoms. The second kappa shape index (κ2) is 9.33. The molecule has 4 nitrogen and oxygen atoms in total. The van der Waals surface area contributed by atoms with E-state index < -0.39 is 12.1 Å². The molecule has 142 valence electrons. The first-order valence-electron chi connectivity index (χ1n) is 8.94. The normalized spacial score (nSPS) is 16.5. The lowest BCUT2D eigenvalue weighted by Gasteiger charge is -2.18. The van der Waals surface area contributed by atoms with Crippen LogP contribution in [0.5, 0.6) is 0 Å². The smallest absolute Gasteiger partial charge is 0.338 e. The van der Waals surface area contributed by atoms with Gasteiger partial charge in [-0.05, 0) is 37.1 Å². The van der Waals surface area contributed by atoms with E-state index in [-0.39, 0.29) is 11.9 Å². The van der Waals surface area contributed by atoms with Gasteiger partial charge in [0.15, 0.2) is 6.10 Å². The number of thioether (sulfide) groups is 2. The van der Waals surface area contributed by atoms with Gasteiger partial charge in [-0.1, -0.05) is 42.5 Å². The van der Waals surface area contributed by atoms with Gasteiger partial charge in [-0.25, -0.2) is 4.79 Å². The van der Waals surface area contributed by atoms with Gasteiger partial charge in [0, 0.05) is 11.5 Å². The third kappa shape index (κ3) is 5.30. The third-order valence-corrected chi connectivity index (χ3v) is 7.46. The maximum Gasteiger partial charge on any atom is 0.338 e. The van der Waals surface area contributed by atoms with E-state index in [9.17, 15) is 9.59 Å². The molecule has 1 N–H and O–H groups in total. The summed E-state index contributed by atoms with van der Waals surface area (Å²) in [6, 6.07) is 17.0. The van der Waals surface area contributed by atoms with Gasteiger partial charge in [0.05, 0.1) is 16.2 Å². The topological polar surface area (TPSA) is 55.4 Å². The summed E-state index contributed by atoms with van der Waals surface area (Å²) in [6.45, 7) is 3.49. The molecular weight excluding hydrogens is 378 g/mol. The third-order valence-electron chi connectivity index (χ3n) is 4.35. The summed E-state index contributed by atoms with van der Waals surface area (Å²) >= 11 is 3.84. The maximum atomic E-state index is 12.3. The Kier molecular flexibility index (Phi) is 6.85. The molecule has 6 heteroatoms. The van der Waals surface area contributed by atoms with Gasteiger partial charge in [0.2, 0.25) is 0 Å². The summed E-state index contributed by atoms with van der Waals surface area (Å²) in [6.07, 6.45) is -0.857. The van der Waals surface area contributed by atoms with Crippen molar-refractivity contribution in [3.63, 3.8) is 0 Å². The second-order valence-corrected chi connectivity index (χ2v) is 9.11. The molecule has 27 heavy (non-hydrogen) atoms. The van der Waals surface area contributed by atoms with Gasteiger partial charge in [0.25, 0.3) is 5.91 Å². The summed E-state index contributed by atoms with van der Waals surface area (Å²) in [5, 5.41) is 2.88.